The molecule has 1 aliphatic carbocycles. The lowest BCUT2D eigenvalue weighted by Crippen LogP contribution is -2.29. The van der Waals surface area contributed by atoms with E-state index in [1.54, 1.807) is 0 Å². The van der Waals surface area contributed by atoms with Crippen molar-refractivity contribution in [2.45, 2.75) is 45.1 Å². The maximum atomic E-state index is 6.50. The van der Waals surface area contributed by atoms with E-state index in [0.29, 0.717) is 13.2 Å². The van der Waals surface area contributed by atoms with Crippen LogP contribution in [0.5, 0.6) is 0 Å². The fourth-order valence-corrected chi connectivity index (χ4v) is 4.83. The van der Waals surface area contributed by atoms with E-state index in [-0.39, 0.29) is 5.41 Å². The molecule has 0 amide bonds. The minimum Gasteiger partial charge on any atom is -0.497 e. The highest BCUT2D eigenvalue weighted by Crippen LogP contribution is 2.41. The number of aryl methyl sites for hydroxylation is 1. The van der Waals surface area contributed by atoms with Crippen LogP contribution in [0.4, 0.5) is 0 Å². The third-order valence-corrected chi connectivity index (χ3v) is 7.10. The van der Waals surface area contributed by atoms with Gasteiger partial charge in [-0.3, -0.25) is 4.68 Å². The standard InChI is InChI=1S/C25H35N6OP/c1-17-21(22(15-27-3)29-30(17)4)9-12-32-23-13-20(33)7-10-25(23,2)18-5-6-24-28-14-19(8-11-26)31(24)16-18/h5-7,13-14,16,27H,8-12,15,26,33H2,1-4H3. The maximum Gasteiger partial charge on any atom is 0.136 e. The van der Waals surface area contributed by atoms with Gasteiger partial charge in [0.05, 0.1) is 17.7 Å². The van der Waals surface area contributed by atoms with Gasteiger partial charge in [-0.25, -0.2) is 4.98 Å². The monoisotopic (exact) mass is 466 g/mol. The van der Waals surface area contributed by atoms with Crippen LogP contribution in [0.3, 0.4) is 0 Å². The average Bonchev–Trinajstić information content (AvgIpc) is 3.32. The zero-order valence-corrected chi connectivity index (χ0v) is 21.2. The van der Waals surface area contributed by atoms with Gasteiger partial charge >= 0.3 is 0 Å². The minimum absolute atomic E-state index is 0.254. The normalized spacial score (nSPS) is 18.5. The molecule has 3 aromatic rings. The second-order valence-corrected chi connectivity index (χ2v) is 9.61. The first-order chi connectivity index (χ1) is 15.9. The second-order valence-electron chi connectivity index (χ2n) is 8.95. The van der Waals surface area contributed by atoms with E-state index in [1.165, 1.54) is 16.8 Å². The third-order valence-electron chi connectivity index (χ3n) is 6.70. The van der Waals surface area contributed by atoms with E-state index >= 15 is 0 Å². The van der Waals surface area contributed by atoms with Crippen molar-refractivity contribution >= 4 is 14.9 Å². The summed E-state index contributed by atoms with van der Waals surface area (Å²) >= 11 is 0. The summed E-state index contributed by atoms with van der Waals surface area (Å²) < 4.78 is 10.6. The van der Waals surface area contributed by atoms with E-state index in [4.69, 9.17) is 10.5 Å². The Morgan fingerprint density at radius 1 is 1.30 bits per heavy atom. The van der Waals surface area contributed by atoms with E-state index < -0.39 is 0 Å². The number of pyridine rings is 1. The summed E-state index contributed by atoms with van der Waals surface area (Å²) in [6.45, 7) is 6.34. The van der Waals surface area contributed by atoms with Crippen molar-refractivity contribution in [2.75, 3.05) is 20.2 Å². The Bertz CT molecular complexity index is 1210. The van der Waals surface area contributed by atoms with Crippen molar-refractivity contribution in [3.8, 4) is 0 Å². The van der Waals surface area contributed by atoms with Gasteiger partial charge in [0.1, 0.15) is 11.4 Å². The van der Waals surface area contributed by atoms with Gasteiger partial charge in [0.15, 0.2) is 0 Å². The molecule has 0 fully saturated rings. The summed E-state index contributed by atoms with van der Waals surface area (Å²) in [7, 11) is 6.76. The Hall–Kier alpha value is -2.47. The fourth-order valence-electron chi connectivity index (χ4n) is 4.56. The molecule has 8 heteroatoms. The van der Waals surface area contributed by atoms with Crippen molar-refractivity contribution in [3.63, 3.8) is 0 Å². The quantitative estimate of drug-likeness (QED) is 0.474. The zero-order chi connectivity index (χ0) is 23.6. The van der Waals surface area contributed by atoms with Gasteiger partial charge in [0.2, 0.25) is 0 Å². The van der Waals surface area contributed by atoms with Gasteiger partial charge in [-0.15, -0.1) is 9.24 Å². The summed E-state index contributed by atoms with van der Waals surface area (Å²) in [6.07, 6.45) is 11.0. The number of nitrogens with two attached hydrogens (primary N) is 1. The largest absolute Gasteiger partial charge is 0.497 e. The van der Waals surface area contributed by atoms with Crippen LogP contribution in [-0.4, -0.2) is 39.4 Å². The molecule has 0 bridgehead atoms. The number of nitrogens with zero attached hydrogens (tertiary/aromatic N) is 4. The smallest absolute Gasteiger partial charge is 0.136 e. The molecule has 3 aromatic heterocycles. The first-order valence-electron chi connectivity index (χ1n) is 11.5. The molecule has 33 heavy (non-hydrogen) atoms. The fraction of sp³-hybridized carbons (Fsp3) is 0.440. The third kappa shape index (κ3) is 4.63. The predicted octanol–water partition coefficient (Wildman–Crippen LogP) is 3.16. The molecule has 4 rings (SSSR count). The molecule has 3 N–H and O–H groups in total. The minimum atomic E-state index is -0.254. The molecule has 0 aromatic carbocycles. The summed E-state index contributed by atoms with van der Waals surface area (Å²) in [5.41, 5.74) is 12.4. The Labute approximate surface area is 198 Å². The lowest BCUT2D eigenvalue weighted by Gasteiger charge is -2.34. The molecule has 0 aliphatic heterocycles. The van der Waals surface area contributed by atoms with Gasteiger partial charge < -0.3 is 20.2 Å². The summed E-state index contributed by atoms with van der Waals surface area (Å²) in [6, 6.07) is 4.25. The predicted molar refractivity (Wildman–Crippen MR) is 136 cm³/mol. The molecular weight excluding hydrogens is 431 g/mol. The van der Waals surface area contributed by atoms with Crippen LogP contribution >= 0.6 is 9.24 Å². The van der Waals surface area contributed by atoms with Crippen molar-refractivity contribution < 1.29 is 4.74 Å². The number of ether oxygens (including phenoxy) is 1. The molecule has 0 radical (unpaired) electrons. The number of hydrogen-bond acceptors (Lipinski definition) is 5. The number of fused-ring (bicyclic) bond motifs is 1. The summed E-state index contributed by atoms with van der Waals surface area (Å²) in [5.74, 6) is 0.992. The highest BCUT2D eigenvalue weighted by molar-refractivity contribution is 7.22. The first-order valence-corrected chi connectivity index (χ1v) is 12.1. The Morgan fingerprint density at radius 3 is 2.88 bits per heavy atom. The molecule has 2 unspecified atom stereocenters. The molecule has 0 saturated carbocycles. The van der Waals surface area contributed by atoms with Gasteiger partial charge in [-0.2, -0.15) is 5.10 Å². The van der Waals surface area contributed by atoms with Crippen molar-refractivity contribution in [1.29, 1.82) is 0 Å². The van der Waals surface area contributed by atoms with Gasteiger partial charge in [-0.05, 0) is 56.9 Å². The lowest BCUT2D eigenvalue weighted by molar-refractivity contribution is 0.167. The van der Waals surface area contributed by atoms with Crippen LogP contribution in [0.25, 0.3) is 5.65 Å². The van der Waals surface area contributed by atoms with Crippen LogP contribution in [0.2, 0.25) is 0 Å². The molecular formula is C25H35N6OP. The summed E-state index contributed by atoms with van der Waals surface area (Å²) in [4.78, 5) is 4.53. The molecule has 1 aliphatic rings. The Kier molecular flexibility index (Phi) is 7.03. The van der Waals surface area contributed by atoms with Crippen LogP contribution in [0, 0.1) is 6.92 Å². The van der Waals surface area contributed by atoms with E-state index in [9.17, 15) is 0 Å². The number of imidazole rings is 1. The number of nitrogens with one attached hydrogen (secondary N) is 1. The Morgan fingerprint density at radius 2 is 2.12 bits per heavy atom. The topological polar surface area (TPSA) is 82.4 Å². The van der Waals surface area contributed by atoms with Gasteiger partial charge in [-0.1, -0.05) is 12.1 Å². The lowest BCUT2D eigenvalue weighted by atomic mass is 9.76. The number of hydrogen-bond donors (Lipinski definition) is 2. The molecule has 176 valence electrons. The van der Waals surface area contributed by atoms with Crippen LogP contribution < -0.4 is 11.1 Å². The van der Waals surface area contributed by atoms with E-state index in [0.717, 1.165) is 53.9 Å². The molecule has 0 spiro atoms. The molecule has 0 saturated heterocycles. The molecule has 7 nitrogen and oxygen atoms in total. The van der Waals surface area contributed by atoms with Crippen LogP contribution in [0.15, 0.2) is 47.8 Å². The highest BCUT2D eigenvalue weighted by Gasteiger charge is 2.35. The SMILES string of the molecule is CNCc1nn(C)c(C)c1CCOC1=CC(P)=CCC1(C)c1ccc2ncc(CCN)n2c1. The highest BCUT2D eigenvalue weighted by atomic mass is 31.0. The maximum absolute atomic E-state index is 6.50. The summed E-state index contributed by atoms with van der Waals surface area (Å²) in [5, 5.41) is 9.03. The first kappa shape index (κ1) is 23.7. The van der Waals surface area contributed by atoms with Crippen molar-refractivity contribution in [2.24, 2.45) is 12.8 Å². The van der Waals surface area contributed by atoms with E-state index in [2.05, 4.69) is 73.4 Å². The number of aromatic nitrogens is 4. The van der Waals surface area contributed by atoms with E-state index in [1.807, 2.05) is 25.0 Å². The van der Waals surface area contributed by atoms with Gasteiger partial charge in [0, 0.05) is 55.8 Å². The number of allylic oxidation sites excluding steroid dienone is 4. The second kappa shape index (κ2) is 9.80. The molecule has 3 heterocycles. The molecule has 2 atom stereocenters. The van der Waals surface area contributed by atoms with Crippen LogP contribution in [-0.2, 0) is 36.6 Å². The van der Waals surface area contributed by atoms with Gasteiger partial charge in [0.25, 0.3) is 0 Å². The average molecular weight is 467 g/mol. The van der Waals surface area contributed by atoms with Crippen molar-refractivity contribution in [3.05, 3.63) is 76.0 Å². The van der Waals surface area contributed by atoms with Crippen molar-refractivity contribution in [1.82, 2.24) is 24.5 Å². The van der Waals surface area contributed by atoms with Crippen LogP contribution in [0.1, 0.15) is 41.6 Å². The number of rotatable bonds is 9. The zero-order valence-electron chi connectivity index (χ0n) is 20.1. The Balaban J connectivity index is 1.59.